The molecule has 3 N–H and O–H groups in total. The zero-order valence-electron chi connectivity index (χ0n) is 14.7. The highest BCUT2D eigenvalue weighted by Crippen LogP contribution is 2.24. The Balaban J connectivity index is 1.87. The lowest BCUT2D eigenvalue weighted by Crippen LogP contribution is -2.12. The molecule has 140 valence electrons. The van der Waals surface area contributed by atoms with Gasteiger partial charge in [-0.1, -0.05) is 50.4 Å². The molecule has 0 spiro atoms. The molecule has 2 rings (SSSR count). The third-order valence-electron chi connectivity index (χ3n) is 3.92. The number of carbonyl (C=O) groups is 1. The van der Waals surface area contributed by atoms with Gasteiger partial charge in [0, 0.05) is 18.1 Å². The van der Waals surface area contributed by atoms with Crippen molar-refractivity contribution in [2.45, 2.75) is 51.9 Å². The lowest BCUT2D eigenvalue weighted by atomic mass is 10.1. The van der Waals surface area contributed by atoms with Gasteiger partial charge in [0.05, 0.1) is 4.92 Å². The van der Waals surface area contributed by atoms with Gasteiger partial charge in [0.25, 0.3) is 11.6 Å². The summed E-state index contributed by atoms with van der Waals surface area (Å²) < 4.78 is 0. The fraction of sp³-hybridized carbons (Fsp3) is 0.471. The van der Waals surface area contributed by atoms with E-state index in [1.54, 1.807) is 0 Å². The summed E-state index contributed by atoms with van der Waals surface area (Å²) in [4.78, 5) is 22.5. The van der Waals surface area contributed by atoms with Crippen molar-refractivity contribution in [1.29, 1.82) is 0 Å². The number of nitrogens with two attached hydrogens (primary N) is 1. The van der Waals surface area contributed by atoms with Gasteiger partial charge in [-0.05, 0) is 18.6 Å². The highest BCUT2D eigenvalue weighted by Gasteiger charge is 2.17. The van der Waals surface area contributed by atoms with Crippen molar-refractivity contribution in [2.75, 3.05) is 11.1 Å². The summed E-state index contributed by atoms with van der Waals surface area (Å²) in [6.07, 6.45) is 8.06. The Morgan fingerprint density at radius 3 is 2.69 bits per heavy atom. The number of nitro groups is 1. The second-order valence-electron chi connectivity index (χ2n) is 6.00. The number of benzene rings is 1. The highest BCUT2D eigenvalue weighted by molar-refractivity contribution is 7.15. The van der Waals surface area contributed by atoms with Crippen molar-refractivity contribution in [1.82, 2.24) is 10.2 Å². The number of carbonyl (C=O) groups excluding carboxylic acids is 1. The summed E-state index contributed by atoms with van der Waals surface area (Å²) in [6, 6.07) is 3.94. The molecule has 0 saturated carbocycles. The molecular formula is C17H23N5O3S. The fourth-order valence-corrected chi connectivity index (χ4v) is 3.25. The van der Waals surface area contributed by atoms with E-state index in [1.807, 2.05) is 0 Å². The van der Waals surface area contributed by atoms with Gasteiger partial charge >= 0.3 is 0 Å². The van der Waals surface area contributed by atoms with E-state index in [-0.39, 0.29) is 16.9 Å². The number of amides is 1. The summed E-state index contributed by atoms with van der Waals surface area (Å²) in [6.45, 7) is 2.19. The number of anilines is 2. The van der Waals surface area contributed by atoms with Gasteiger partial charge in [-0.15, -0.1) is 10.2 Å². The Hall–Kier alpha value is -2.55. The molecule has 0 aliphatic rings. The minimum Gasteiger partial charge on any atom is -0.393 e. The van der Waals surface area contributed by atoms with Crippen LogP contribution in [-0.4, -0.2) is 21.0 Å². The van der Waals surface area contributed by atoms with Crippen LogP contribution in [0, 0.1) is 10.1 Å². The largest absolute Gasteiger partial charge is 0.393 e. The lowest BCUT2D eigenvalue weighted by Gasteiger charge is -2.02. The molecule has 0 radical (unpaired) electrons. The first-order chi connectivity index (χ1) is 12.5. The van der Waals surface area contributed by atoms with Gasteiger partial charge in [-0.3, -0.25) is 20.2 Å². The molecule has 9 heteroatoms. The molecule has 26 heavy (non-hydrogen) atoms. The SMILES string of the molecule is CCCCCCCCc1nnc(NC(=O)c2ccc(N)c([N+](=O)[O-])c2)s1. The number of nitrogens with zero attached hydrogens (tertiary/aromatic N) is 3. The summed E-state index contributed by atoms with van der Waals surface area (Å²) in [5.74, 6) is -0.477. The van der Waals surface area contributed by atoms with Crippen LogP contribution >= 0.6 is 11.3 Å². The second-order valence-corrected chi connectivity index (χ2v) is 7.07. The maximum Gasteiger partial charge on any atom is 0.292 e. The van der Waals surface area contributed by atoms with Gasteiger partial charge in [0.1, 0.15) is 10.7 Å². The van der Waals surface area contributed by atoms with Crippen LogP contribution in [0.25, 0.3) is 0 Å². The number of aromatic nitrogens is 2. The Bertz CT molecular complexity index is 763. The zero-order chi connectivity index (χ0) is 18.9. The smallest absolute Gasteiger partial charge is 0.292 e. The van der Waals surface area contributed by atoms with Crippen LogP contribution in [0.15, 0.2) is 18.2 Å². The molecule has 0 unspecified atom stereocenters. The number of nitrogens with one attached hydrogen (secondary N) is 1. The van der Waals surface area contributed by atoms with Crippen molar-refractivity contribution in [2.24, 2.45) is 0 Å². The third-order valence-corrected chi connectivity index (χ3v) is 4.82. The molecule has 1 aromatic heterocycles. The normalized spacial score (nSPS) is 10.7. The molecule has 0 atom stereocenters. The maximum atomic E-state index is 12.2. The van der Waals surface area contributed by atoms with E-state index in [0.717, 1.165) is 30.3 Å². The van der Waals surface area contributed by atoms with Gasteiger partial charge in [0.2, 0.25) is 5.13 Å². The first kappa shape index (κ1) is 19.8. The topological polar surface area (TPSA) is 124 Å². The minimum atomic E-state index is -0.615. The molecule has 1 aromatic carbocycles. The number of nitro benzene ring substituents is 1. The van der Waals surface area contributed by atoms with E-state index in [9.17, 15) is 14.9 Å². The van der Waals surface area contributed by atoms with Gasteiger partial charge < -0.3 is 5.73 Å². The van der Waals surface area contributed by atoms with Gasteiger partial charge in [-0.25, -0.2) is 0 Å². The molecule has 0 aliphatic heterocycles. The Morgan fingerprint density at radius 1 is 1.23 bits per heavy atom. The summed E-state index contributed by atoms with van der Waals surface area (Å²) in [5, 5.41) is 22.8. The molecule has 0 saturated heterocycles. The minimum absolute atomic E-state index is 0.0173. The van der Waals surface area contributed by atoms with Crippen molar-refractivity contribution >= 4 is 33.8 Å². The lowest BCUT2D eigenvalue weighted by molar-refractivity contribution is -0.383. The van der Waals surface area contributed by atoms with Crippen molar-refractivity contribution in [3.63, 3.8) is 0 Å². The third kappa shape index (κ3) is 5.76. The van der Waals surface area contributed by atoms with Crippen LogP contribution in [0.4, 0.5) is 16.5 Å². The molecule has 0 aliphatic carbocycles. The average Bonchev–Trinajstić information content (AvgIpc) is 3.05. The van der Waals surface area contributed by atoms with E-state index < -0.39 is 10.8 Å². The predicted octanol–water partition coefficient (Wildman–Crippen LogP) is 4.18. The summed E-state index contributed by atoms with van der Waals surface area (Å²) in [5.41, 5.74) is 5.41. The van der Waals surface area contributed by atoms with Crippen LogP contribution in [0.5, 0.6) is 0 Å². The Morgan fingerprint density at radius 2 is 1.96 bits per heavy atom. The quantitative estimate of drug-likeness (QED) is 0.277. The predicted molar refractivity (Wildman–Crippen MR) is 102 cm³/mol. The van der Waals surface area contributed by atoms with Crippen LogP contribution in [0.2, 0.25) is 0 Å². The monoisotopic (exact) mass is 377 g/mol. The van der Waals surface area contributed by atoms with E-state index in [0.29, 0.717) is 5.13 Å². The molecule has 8 nitrogen and oxygen atoms in total. The number of hydrogen-bond acceptors (Lipinski definition) is 7. The molecule has 0 bridgehead atoms. The van der Waals surface area contributed by atoms with Crippen molar-refractivity contribution in [3.8, 4) is 0 Å². The van der Waals surface area contributed by atoms with Crippen LogP contribution < -0.4 is 11.1 Å². The first-order valence-corrected chi connectivity index (χ1v) is 9.50. The van der Waals surface area contributed by atoms with Crippen molar-refractivity contribution < 1.29 is 9.72 Å². The highest BCUT2D eigenvalue weighted by atomic mass is 32.1. The molecule has 0 fully saturated rings. The van der Waals surface area contributed by atoms with E-state index >= 15 is 0 Å². The van der Waals surface area contributed by atoms with E-state index in [1.165, 1.54) is 49.2 Å². The van der Waals surface area contributed by atoms with Crippen molar-refractivity contribution in [3.05, 3.63) is 38.9 Å². The number of hydrogen-bond donors (Lipinski definition) is 2. The maximum absolute atomic E-state index is 12.2. The fourth-order valence-electron chi connectivity index (χ4n) is 2.47. The van der Waals surface area contributed by atoms with Gasteiger partial charge in [0.15, 0.2) is 0 Å². The molecule has 2 aromatic rings. The standard InChI is InChI=1S/C17H23N5O3S/c1-2-3-4-5-6-7-8-15-20-21-17(26-15)19-16(23)12-9-10-13(18)14(11-12)22(24)25/h9-11H,2-8,18H2,1H3,(H,19,21,23). The molecular weight excluding hydrogens is 354 g/mol. The number of aryl methyl sites for hydroxylation is 1. The van der Waals surface area contributed by atoms with Crippen LogP contribution in [0.3, 0.4) is 0 Å². The van der Waals surface area contributed by atoms with Crippen LogP contribution in [-0.2, 0) is 6.42 Å². The van der Waals surface area contributed by atoms with E-state index in [2.05, 4.69) is 22.4 Å². The number of unbranched alkanes of at least 4 members (excludes halogenated alkanes) is 5. The molecule has 1 amide bonds. The summed E-state index contributed by atoms with van der Waals surface area (Å²) >= 11 is 1.33. The van der Waals surface area contributed by atoms with E-state index in [4.69, 9.17) is 5.73 Å². The number of rotatable bonds is 10. The second kappa shape index (κ2) is 9.81. The average molecular weight is 377 g/mol. The number of nitrogen functional groups attached to an aromatic ring is 1. The molecule has 1 heterocycles. The zero-order valence-corrected chi connectivity index (χ0v) is 15.6. The van der Waals surface area contributed by atoms with Gasteiger partial charge in [-0.2, -0.15) is 0 Å². The summed E-state index contributed by atoms with van der Waals surface area (Å²) in [7, 11) is 0. The van der Waals surface area contributed by atoms with Crippen LogP contribution in [0.1, 0.15) is 60.8 Å². The first-order valence-electron chi connectivity index (χ1n) is 8.69. The Labute approximate surface area is 156 Å². The Kier molecular flexibility index (Phi) is 7.46.